The third kappa shape index (κ3) is 6.49. The summed E-state index contributed by atoms with van der Waals surface area (Å²) in [5, 5.41) is 0.611. The highest BCUT2D eigenvalue weighted by Gasteiger charge is 2.25. The van der Waals surface area contributed by atoms with E-state index in [0.29, 0.717) is 23.8 Å². The largest absolute Gasteiger partial charge is 0.302 e. The van der Waals surface area contributed by atoms with Crippen LogP contribution in [0.2, 0.25) is 0 Å². The summed E-state index contributed by atoms with van der Waals surface area (Å²) >= 11 is 4.95. The van der Waals surface area contributed by atoms with Crippen molar-refractivity contribution in [2.24, 2.45) is 0 Å². The maximum absolute atomic E-state index is 13.7. The monoisotopic (exact) mass is 590 g/mol. The van der Waals surface area contributed by atoms with Crippen LogP contribution in [0.1, 0.15) is 24.2 Å². The van der Waals surface area contributed by atoms with Crippen LogP contribution in [-0.4, -0.2) is 67.8 Å². The Labute approximate surface area is 225 Å². The van der Waals surface area contributed by atoms with Crippen LogP contribution in [0.5, 0.6) is 0 Å². The van der Waals surface area contributed by atoms with Crippen molar-refractivity contribution < 1.29 is 13.2 Å². The quantitative estimate of drug-likeness (QED) is 0.249. The lowest BCUT2D eigenvalue weighted by Gasteiger charge is -2.25. The molecule has 0 fully saturated rings. The average Bonchev–Trinajstić information content (AvgIpc) is 3.29. The molecular weight excluding hydrogens is 560 g/mol. The number of rotatable bonds is 13. The molecule has 0 saturated carbocycles. The van der Waals surface area contributed by atoms with E-state index in [4.69, 9.17) is 4.98 Å². The van der Waals surface area contributed by atoms with E-state index in [1.807, 2.05) is 18.2 Å². The number of halogens is 1. The molecule has 1 aromatic heterocycles. The molecule has 3 aromatic rings. The molecule has 0 aliphatic rings. The second-order valence-electron chi connectivity index (χ2n) is 8.02. The summed E-state index contributed by atoms with van der Waals surface area (Å²) in [6.45, 7) is 14.7. The zero-order chi connectivity index (χ0) is 26.3. The van der Waals surface area contributed by atoms with Gasteiger partial charge in [0, 0.05) is 36.2 Å². The first kappa shape index (κ1) is 28.2. The summed E-state index contributed by atoms with van der Waals surface area (Å²) in [7, 11) is -3.75. The number of benzene rings is 2. The summed E-state index contributed by atoms with van der Waals surface area (Å²) in [6, 6.07) is 11.9. The number of fused-ring (bicyclic) bond motifs is 1. The highest BCUT2D eigenvalue weighted by Crippen LogP contribution is 2.32. The number of hydrogen-bond donors (Lipinski definition) is 0. The number of anilines is 1. The van der Waals surface area contributed by atoms with Crippen LogP contribution in [0.25, 0.3) is 10.2 Å². The molecule has 0 N–H and O–H groups in total. The van der Waals surface area contributed by atoms with Crippen molar-refractivity contribution >= 4 is 58.5 Å². The van der Waals surface area contributed by atoms with Crippen molar-refractivity contribution in [3.8, 4) is 0 Å². The molecule has 0 atom stereocenters. The average molecular weight is 592 g/mol. The summed E-state index contributed by atoms with van der Waals surface area (Å²) in [5.41, 5.74) is 1.22. The Kier molecular flexibility index (Phi) is 9.98. The smallest absolute Gasteiger partial charge is 0.260 e. The number of nitrogens with zero attached hydrogens (tertiary/aromatic N) is 4. The standard InChI is InChI=1S/C26H31BrN4O3S2/c1-5-15-30(16-6-2)36(33,34)22-12-9-20(10-13-22)25(32)31(18-17-29(7-3)8-4)26-28-23-14-11-21(27)19-24(23)35-26/h5-6,9-14,19H,1-2,7-8,15-18H2,3-4H3. The molecule has 0 radical (unpaired) electrons. The zero-order valence-corrected chi connectivity index (χ0v) is 23.8. The predicted octanol–water partition coefficient (Wildman–Crippen LogP) is 5.41. The minimum atomic E-state index is -3.75. The number of aromatic nitrogens is 1. The van der Waals surface area contributed by atoms with Gasteiger partial charge >= 0.3 is 0 Å². The molecule has 3 rings (SSSR count). The molecule has 1 amide bonds. The van der Waals surface area contributed by atoms with Crippen molar-refractivity contribution in [2.45, 2.75) is 18.7 Å². The first-order valence-corrected chi connectivity index (χ1v) is 14.7. The number of carbonyl (C=O) groups is 1. The third-order valence-electron chi connectivity index (χ3n) is 5.75. The fourth-order valence-electron chi connectivity index (χ4n) is 3.70. The lowest BCUT2D eigenvalue weighted by molar-refractivity contribution is 0.0983. The van der Waals surface area contributed by atoms with Gasteiger partial charge in [0.2, 0.25) is 10.0 Å². The zero-order valence-electron chi connectivity index (χ0n) is 20.6. The fourth-order valence-corrected chi connectivity index (χ4v) is 6.62. The third-order valence-corrected chi connectivity index (χ3v) is 9.13. The van der Waals surface area contributed by atoms with E-state index in [1.165, 1.54) is 39.9 Å². The number of thiazole rings is 1. The molecule has 2 aromatic carbocycles. The maximum Gasteiger partial charge on any atom is 0.260 e. The SMILES string of the molecule is C=CCN(CC=C)S(=O)(=O)c1ccc(C(=O)N(CCN(CC)CC)c2nc3ccc(Br)cc3s2)cc1. The van der Waals surface area contributed by atoms with Gasteiger partial charge in [0.05, 0.1) is 15.1 Å². The fraction of sp³-hybridized carbons (Fsp3) is 0.308. The number of sulfonamides is 1. The highest BCUT2D eigenvalue weighted by molar-refractivity contribution is 9.10. The Morgan fingerprint density at radius 2 is 1.67 bits per heavy atom. The van der Waals surface area contributed by atoms with Gasteiger partial charge in [0.1, 0.15) is 0 Å². The van der Waals surface area contributed by atoms with E-state index in [-0.39, 0.29) is 23.9 Å². The van der Waals surface area contributed by atoms with Crippen molar-refractivity contribution in [1.82, 2.24) is 14.2 Å². The van der Waals surface area contributed by atoms with Crippen LogP contribution >= 0.6 is 27.3 Å². The van der Waals surface area contributed by atoms with E-state index < -0.39 is 10.0 Å². The van der Waals surface area contributed by atoms with Gasteiger partial charge in [-0.2, -0.15) is 4.31 Å². The Balaban J connectivity index is 1.93. The molecule has 0 spiro atoms. The lowest BCUT2D eigenvalue weighted by atomic mass is 10.2. The van der Waals surface area contributed by atoms with Gasteiger partial charge in [0.25, 0.3) is 5.91 Å². The van der Waals surface area contributed by atoms with Crippen LogP contribution in [0.4, 0.5) is 5.13 Å². The van der Waals surface area contributed by atoms with Crippen molar-refractivity contribution in [2.75, 3.05) is 44.2 Å². The Hall–Kier alpha value is -2.37. The molecule has 36 heavy (non-hydrogen) atoms. The normalized spacial score (nSPS) is 11.8. The summed E-state index contributed by atoms with van der Waals surface area (Å²) < 4.78 is 29.3. The molecule has 0 saturated heterocycles. The molecule has 0 aliphatic carbocycles. The van der Waals surface area contributed by atoms with Crippen LogP contribution in [-0.2, 0) is 10.0 Å². The Bertz CT molecular complexity index is 1310. The van der Waals surface area contributed by atoms with Crippen LogP contribution < -0.4 is 4.90 Å². The van der Waals surface area contributed by atoms with E-state index in [0.717, 1.165) is 27.8 Å². The van der Waals surface area contributed by atoms with Gasteiger partial charge < -0.3 is 4.90 Å². The number of likely N-dealkylation sites (N-methyl/N-ethyl adjacent to an activating group) is 1. The van der Waals surface area contributed by atoms with E-state index in [2.05, 4.69) is 47.8 Å². The van der Waals surface area contributed by atoms with E-state index in [1.54, 1.807) is 17.0 Å². The van der Waals surface area contributed by atoms with Crippen molar-refractivity contribution in [1.29, 1.82) is 0 Å². The number of carbonyl (C=O) groups excluding carboxylic acids is 1. The second-order valence-corrected chi connectivity index (χ2v) is 11.9. The van der Waals surface area contributed by atoms with Crippen LogP contribution in [0.3, 0.4) is 0 Å². The predicted molar refractivity (Wildman–Crippen MR) is 152 cm³/mol. The molecule has 0 aliphatic heterocycles. The van der Waals surface area contributed by atoms with Gasteiger partial charge in [-0.1, -0.05) is 53.3 Å². The lowest BCUT2D eigenvalue weighted by Crippen LogP contribution is -2.39. The number of hydrogen-bond acceptors (Lipinski definition) is 6. The van der Waals surface area contributed by atoms with Crippen molar-refractivity contribution in [3.05, 3.63) is 77.8 Å². The molecule has 7 nitrogen and oxygen atoms in total. The number of amides is 1. The Morgan fingerprint density at radius 1 is 1.03 bits per heavy atom. The van der Waals surface area contributed by atoms with Crippen molar-refractivity contribution in [3.63, 3.8) is 0 Å². The van der Waals surface area contributed by atoms with E-state index in [9.17, 15) is 13.2 Å². The Morgan fingerprint density at radius 3 is 2.25 bits per heavy atom. The molecule has 10 heteroatoms. The molecule has 192 valence electrons. The van der Waals surface area contributed by atoms with Gasteiger partial charge in [-0.15, -0.1) is 13.2 Å². The molecule has 1 heterocycles. The van der Waals surface area contributed by atoms with Gasteiger partial charge in [-0.05, 0) is 55.6 Å². The summed E-state index contributed by atoms with van der Waals surface area (Å²) in [4.78, 5) is 22.4. The first-order valence-electron chi connectivity index (χ1n) is 11.7. The highest BCUT2D eigenvalue weighted by atomic mass is 79.9. The minimum Gasteiger partial charge on any atom is -0.302 e. The van der Waals surface area contributed by atoms with E-state index >= 15 is 0 Å². The second kappa shape index (κ2) is 12.7. The minimum absolute atomic E-state index is 0.113. The summed E-state index contributed by atoms with van der Waals surface area (Å²) in [6.07, 6.45) is 3.06. The first-order chi connectivity index (χ1) is 17.2. The summed E-state index contributed by atoms with van der Waals surface area (Å²) in [5.74, 6) is -0.224. The topological polar surface area (TPSA) is 73.8 Å². The van der Waals surface area contributed by atoms with Gasteiger partial charge in [-0.3, -0.25) is 9.69 Å². The van der Waals surface area contributed by atoms with Gasteiger partial charge in [0.15, 0.2) is 5.13 Å². The molecular formula is C26H31BrN4O3S2. The van der Waals surface area contributed by atoms with Crippen LogP contribution in [0.15, 0.2) is 77.1 Å². The van der Waals surface area contributed by atoms with Gasteiger partial charge in [-0.25, -0.2) is 13.4 Å². The van der Waals surface area contributed by atoms with Crippen LogP contribution in [0, 0.1) is 0 Å². The molecule has 0 unspecified atom stereocenters. The molecule has 0 bridgehead atoms. The maximum atomic E-state index is 13.7.